The molecule has 0 saturated carbocycles. The van der Waals surface area contributed by atoms with Crippen LogP contribution in [0.5, 0.6) is 0 Å². The number of hydrogen-bond acceptors (Lipinski definition) is 0. The first-order valence-electron chi connectivity index (χ1n) is 9.92. The molecule has 25 heavy (non-hydrogen) atoms. The van der Waals surface area contributed by atoms with E-state index in [-0.39, 0.29) is 0 Å². The van der Waals surface area contributed by atoms with Gasteiger partial charge in [-0.2, -0.15) is 0 Å². The van der Waals surface area contributed by atoms with Crippen LogP contribution in [0.2, 0.25) is 8.26 Å². The third kappa shape index (κ3) is 3.33. The van der Waals surface area contributed by atoms with E-state index in [1.54, 1.807) is 14.4 Å². The van der Waals surface area contributed by atoms with Crippen LogP contribution >= 0.6 is 0 Å². The molecule has 0 fully saturated rings. The van der Waals surface area contributed by atoms with Gasteiger partial charge in [0.25, 0.3) is 0 Å². The fourth-order valence-electron chi connectivity index (χ4n) is 4.87. The summed E-state index contributed by atoms with van der Waals surface area (Å²) in [6.07, 6.45) is 17.9. The summed E-state index contributed by atoms with van der Waals surface area (Å²) in [5.41, 5.74) is 6.48. The number of rotatable bonds is 4. The minimum absolute atomic E-state index is 0.737. The zero-order chi connectivity index (χ0) is 17.3. The summed E-state index contributed by atoms with van der Waals surface area (Å²) in [4.78, 5) is 0. The van der Waals surface area contributed by atoms with Crippen LogP contribution in [0.25, 0.3) is 0 Å². The molecule has 2 atom stereocenters. The summed E-state index contributed by atoms with van der Waals surface area (Å²) in [5.74, 6) is 0. The van der Waals surface area contributed by atoms with Crippen LogP contribution in [0.15, 0.2) is 74.6 Å². The molecule has 0 N–H and O–H groups in total. The summed E-state index contributed by atoms with van der Waals surface area (Å²) >= 11 is -2.68. The molecule has 0 bridgehead atoms. The topological polar surface area (TPSA) is 0 Å². The molecule has 4 rings (SSSR count). The Kier molecular flexibility index (Phi) is 5.05. The van der Waals surface area contributed by atoms with Crippen molar-refractivity contribution in [2.75, 3.05) is 0 Å². The van der Waals surface area contributed by atoms with Gasteiger partial charge < -0.3 is 0 Å². The summed E-state index contributed by atoms with van der Waals surface area (Å²) in [7, 11) is 0. The molecular weight excluding hydrogens is 379 g/mol. The van der Waals surface area contributed by atoms with Gasteiger partial charge in [0.2, 0.25) is 0 Å². The fraction of sp³-hybridized carbons (Fsp3) is 0.375. The van der Waals surface area contributed by atoms with Gasteiger partial charge in [-0.25, -0.2) is 0 Å². The Morgan fingerprint density at radius 2 is 1.92 bits per heavy atom. The molecule has 0 aromatic heterocycles. The van der Waals surface area contributed by atoms with Gasteiger partial charge in [0.15, 0.2) is 0 Å². The van der Waals surface area contributed by atoms with Crippen molar-refractivity contribution < 1.29 is 19.8 Å². The maximum absolute atomic E-state index is 2.74. The van der Waals surface area contributed by atoms with Crippen LogP contribution in [-0.4, -0.2) is 3.71 Å². The Labute approximate surface area is 156 Å². The van der Waals surface area contributed by atoms with Crippen LogP contribution in [-0.2, 0) is 19.8 Å². The quantitative estimate of drug-likeness (QED) is 0.509. The van der Waals surface area contributed by atoms with Crippen molar-refractivity contribution in [1.29, 1.82) is 0 Å². The second-order valence-corrected chi connectivity index (χ2v) is 18.1. The van der Waals surface area contributed by atoms with Crippen molar-refractivity contribution in [1.82, 2.24) is 0 Å². The molecule has 2 unspecified atom stereocenters. The molecule has 0 amide bonds. The molecule has 0 saturated heterocycles. The van der Waals surface area contributed by atoms with Crippen LogP contribution in [0.3, 0.4) is 0 Å². The van der Waals surface area contributed by atoms with Gasteiger partial charge in [-0.3, -0.25) is 0 Å². The standard InChI is InChI=1S/C9H11.C7H6.C7H9.CH3.Zr/c1-2-5-9-7-3-6-8(9)4-1;1-7-5-3-2-4-6-7;1-2-7-5-3-4-6-7;;/h3,6-7H,1-2,4-5H2;1-6H;5-6H,2-3H2,1H3;1H3;. The predicted molar refractivity (Wildman–Crippen MR) is 107 cm³/mol. The SMILES string of the molecule is CCC1=CC[C]([Zr]([CH3])(=[CH]c2ccccc2)[CH]2C=CC3=C2CCCC3)=C1. The molecule has 0 aliphatic heterocycles. The van der Waals surface area contributed by atoms with Crippen molar-refractivity contribution in [3.63, 3.8) is 0 Å². The van der Waals surface area contributed by atoms with Crippen LogP contribution < -0.4 is 0 Å². The van der Waals surface area contributed by atoms with Gasteiger partial charge in [0.1, 0.15) is 0 Å². The zero-order valence-electron chi connectivity index (χ0n) is 15.6. The van der Waals surface area contributed by atoms with Gasteiger partial charge in [0.05, 0.1) is 0 Å². The van der Waals surface area contributed by atoms with Crippen molar-refractivity contribution in [2.45, 2.75) is 53.7 Å². The van der Waals surface area contributed by atoms with Crippen LogP contribution in [0.1, 0.15) is 51.0 Å². The molecule has 1 aromatic carbocycles. The van der Waals surface area contributed by atoms with E-state index >= 15 is 0 Å². The molecule has 0 nitrogen and oxygen atoms in total. The fourth-order valence-corrected chi connectivity index (χ4v) is 15.3. The van der Waals surface area contributed by atoms with E-state index in [4.69, 9.17) is 0 Å². The van der Waals surface area contributed by atoms with Gasteiger partial charge in [-0.1, -0.05) is 0 Å². The van der Waals surface area contributed by atoms with E-state index < -0.39 is 19.8 Å². The van der Waals surface area contributed by atoms with Crippen molar-refractivity contribution in [3.05, 3.63) is 80.2 Å². The number of allylic oxidation sites excluding steroid dienone is 8. The molecule has 0 radical (unpaired) electrons. The monoisotopic (exact) mass is 407 g/mol. The predicted octanol–water partition coefficient (Wildman–Crippen LogP) is 6.89. The summed E-state index contributed by atoms with van der Waals surface area (Å²) in [5, 5.41) is 0. The van der Waals surface area contributed by atoms with Gasteiger partial charge >= 0.3 is 157 Å². The second-order valence-electron chi connectivity index (χ2n) is 7.94. The first kappa shape index (κ1) is 17.4. The minimum atomic E-state index is -2.68. The van der Waals surface area contributed by atoms with Crippen molar-refractivity contribution >= 4 is 3.71 Å². The third-order valence-electron chi connectivity index (χ3n) is 6.38. The third-order valence-corrected chi connectivity index (χ3v) is 17.4. The van der Waals surface area contributed by atoms with E-state index in [0.29, 0.717) is 0 Å². The molecule has 1 heteroatoms. The average molecular weight is 409 g/mol. The Balaban J connectivity index is 1.82. The molecule has 3 aliphatic rings. The molecule has 0 spiro atoms. The van der Waals surface area contributed by atoms with Crippen LogP contribution in [0, 0.1) is 0 Å². The number of benzene rings is 1. The van der Waals surface area contributed by atoms with E-state index in [1.165, 1.54) is 44.1 Å². The normalized spacial score (nSPS) is 24.6. The molecule has 3 aliphatic carbocycles. The van der Waals surface area contributed by atoms with Gasteiger partial charge in [-0.15, -0.1) is 0 Å². The first-order chi connectivity index (χ1) is 12.2. The maximum atomic E-state index is 2.74. The van der Waals surface area contributed by atoms with Crippen molar-refractivity contribution in [3.8, 4) is 0 Å². The Hall–Kier alpha value is -1.07. The molecular formula is C24H29Zr. The molecule has 1 aromatic rings. The van der Waals surface area contributed by atoms with Gasteiger partial charge in [-0.05, 0) is 0 Å². The molecule has 0 heterocycles. The second kappa shape index (κ2) is 7.28. The van der Waals surface area contributed by atoms with E-state index in [0.717, 1.165) is 3.63 Å². The van der Waals surface area contributed by atoms with Gasteiger partial charge in [0, 0.05) is 0 Å². The number of hydrogen-bond donors (Lipinski definition) is 0. The van der Waals surface area contributed by atoms with E-state index in [2.05, 4.69) is 69.9 Å². The van der Waals surface area contributed by atoms with Crippen LogP contribution in [0.4, 0.5) is 0 Å². The first-order valence-corrected chi connectivity index (χ1v) is 16.4. The van der Waals surface area contributed by atoms with E-state index in [9.17, 15) is 0 Å². The summed E-state index contributed by atoms with van der Waals surface area (Å²) in [6.45, 7) is 2.29. The summed E-state index contributed by atoms with van der Waals surface area (Å²) in [6, 6.07) is 11.1. The van der Waals surface area contributed by atoms with E-state index in [1.807, 2.05) is 5.57 Å². The molecule has 129 valence electrons. The Morgan fingerprint density at radius 3 is 2.68 bits per heavy atom. The summed E-state index contributed by atoms with van der Waals surface area (Å²) < 4.78 is 7.95. The zero-order valence-corrected chi connectivity index (χ0v) is 18.1. The Morgan fingerprint density at radius 1 is 1.12 bits per heavy atom. The Bertz CT molecular complexity index is 830. The van der Waals surface area contributed by atoms with Crippen molar-refractivity contribution in [2.24, 2.45) is 0 Å². The average Bonchev–Trinajstić information content (AvgIpc) is 3.30.